The molecule has 0 spiro atoms. The molecule has 0 bridgehead atoms. The largest absolute Gasteiger partial charge is 0.385 e. The normalized spacial score (nSPS) is 17.8. The van der Waals surface area contributed by atoms with Gasteiger partial charge in [0.25, 0.3) is 0 Å². The van der Waals surface area contributed by atoms with E-state index in [2.05, 4.69) is 9.89 Å². The number of guanidine groups is 1. The second-order valence-corrected chi connectivity index (χ2v) is 3.89. The Bertz CT molecular complexity index is 203. The molecule has 1 rings (SSSR count). The van der Waals surface area contributed by atoms with E-state index in [0.717, 1.165) is 58.7 Å². The van der Waals surface area contributed by atoms with Gasteiger partial charge >= 0.3 is 0 Å². The molecule has 5 nitrogen and oxygen atoms in total. The van der Waals surface area contributed by atoms with Crippen LogP contribution in [-0.2, 0) is 9.47 Å². The van der Waals surface area contributed by atoms with Crippen molar-refractivity contribution in [3.63, 3.8) is 0 Å². The van der Waals surface area contributed by atoms with Gasteiger partial charge in [-0.05, 0) is 19.3 Å². The molecule has 94 valence electrons. The molecule has 0 aromatic rings. The Morgan fingerprint density at radius 1 is 1.31 bits per heavy atom. The van der Waals surface area contributed by atoms with Crippen LogP contribution < -0.4 is 5.73 Å². The summed E-state index contributed by atoms with van der Waals surface area (Å²) in [6.45, 7) is 4.88. The molecule has 16 heavy (non-hydrogen) atoms. The van der Waals surface area contributed by atoms with E-state index in [-0.39, 0.29) is 0 Å². The van der Waals surface area contributed by atoms with Crippen LogP contribution in [0.25, 0.3) is 0 Å². The lowest BCUT2D eigenvalue weighted by Gasteiger charge is -2.27. The van der Waals surface area contributed by atoms with Gasteiger partial charge in [0.15, 0.2) is 5.96 Å². The highest BCUT2D eigenvalue weighted by Crippen LogP contribution is 1.99. The first-order chi connectivity index (χ1) is 7.84. The SMILES string of the molecule is COCCCCCN=C(N)N1CCOCC1. The molecule has 1 aliphatic heterocycles. The zero-order valence-corrected chi connectivity index (χ0v) is 10.2. The van der Waals surface area contributed by atoms with Crippen LogP contribution in [0, 0.1) is 0 Å². The van der Waals surface area contributed by atoms with Crippen LogP contribution in [0.3, 0.4) is 0 Å². The number of aliphatic imine (C=N–C) groups is 1. The number of morpholine rings is 1. The molecule has 0 aromatic carbocycles. The highest BCUT2D eigenvalue weighted by Gasteiger charge is 2.11. The highest BCUT2D eigenvalue weighted by molar-refractivity contribution is 5.78. The molecule has 0 atom stereocenters. The minimum absolute atomic E-state index is 0.662. The number of nitrogens with two attached hydrogens (primary N) is 1. The van der Waals surface area contributed by atoms with Gasteiger partial charge < -0.3 is 20.1 Å². The average Bonchev–Trinajstić information content (AvgIpc) is 2.34. The maximum atomic E-state index is 5.89. The van der Waals surface area contributed by atoms with E-state index in [1.165, 1.54) is 0 Å². The van der Waals surface area contributed by atoms with Gasteiger partial charge in [-0.2, -0.15) is 0 Å². The van der Waals surface area contributed by atoms with Crippen molar-refractivity contribution in [2.75, 3.05) is 46.6 Å². The predicted molar refractivity (Wildman–Crippen MR) is 64.6 cm³/mol. The number of hydrogen-bond acceptors (Lipinski definition) is 3. The molecule has 0 saturated carbocycles. The van der Waals surface area contributed by atoms with Crippen molar-refractivity contribution in [3.05, 3.63) is 0 Å². The Morgan fingerprint density at radius 2 is 2.06 bits per heavy atom. The molecule has 5 heteroatoms. The van der Waals surface area contributed by atoms with Crippen LogP contribution in [0.1, 0.15) is 19.3 Å². The summed E-state index contributed by atoms with van der Waals surface area (Å²) in [6, 6.07) is 0. The smallest absolute Gasteiger partial charge is 0.191 e. The summed E-state index contributed by atoms with van der Waals surface area (Å²) in [4.78, 5) is 6.45. The van der Waals surface area contributed by atoms with Gasteiger partial charge in [-0.1, -0.05) is 0 Å². The summed E-state index contributed by atoms with van der Waals surface area (Å²) in [5.74, 6) is 0.662. The van der Waals surface area contributed by atoms with Crippen LogP contribution in [0.4, 0.5) is 0 Å². The third-order valence-corrected chi connectivity index (χ3v) is 2.62. The van der Waals surface area contributed by atoms with Crippen LogP contribution in [-0.4, -0.2) is 57.4 Å². The van der Waals surface area contributed by atoms with E-state index in [1.807, 2.05) is 0 Å². The second kappa shape index (κ2) is 8.35. The number of methoxy groups -OCH3 is 1. The fourth-order valence-corrected chi connectivity index (χ4v) is 1.62. The number of nitrogens with zero attached hydrogens (tertiary/aromatic N) is 2. The van der Waals surface area contributed by atoms with Crippen LogP contribution in [0.15, 0.2) is 4.99 Å². The molecule has 0 amide bonds. The number of hydrogen-bond donors (Lipinski definition) is 1. The van der Waals surface area contributed by atoms with Gasteiger partial charge in [-0.15, -0.1) is 0 Å². The highest BCUT2D eigenvalue weighted by atomic mass is 16.5. The van der Waals surface area contributed by atoms with E-state index in [4.69, 9.17) is 15.2 Å². The minimum Gasteiger partial charge on any atom is -0.385 e. The van der Waals surface area contributed by atoms with Gasteiger partial charge in [-0.3, -0.25) is 4.99 Å². The lowest BCUT2D eigenvalue weighted by Crippen LogP contribution is -2.44. The molecule has 0 aliphatic carbocycles. The third-order valence-electron chi connectivity index (χ3n) is 2.62. The summed E-state index contributed by atoms with van der Waals surface area (Å²) < 4.78 is 10.2. The lowest BCUT2D eigenvalue weighted by atomic mass is 10.2. The standard InChI is InChI=1S/C11H23N3O2/c1-15-8-4-2-3-5-13-11(12)14-6-9-16-10-7-14/h2-10H2,1H3,(H2,12,13). The zero-order chi connectivity index (χ0) is 11.6. The van der Waals surface area contributed by atoms with Crippen LogP contribution in [0.5, 0.6) is 0 Å². The van der Waals surface area contributed by atoms with Crippen molar-refractivity contribution in [2.45, 2.75) is 19.3 Å². The number of unbranched alkanes of at least 4 members (excludes halogenated alkanes) is 2. The van der Waals surface area contributed by atoms with Crippen molar-refractivity contribution in [3.8, 4) is 0 Å². The van der Waals surface area contributed by atoms with E-state index < -0.39 is 0 Å². The fraction of sp³-hybridized carbons (Fsp3) is 0.909. The Morgan fingerprint density at radius 3 is 2.75 bits per heavy atom. The molecule has 1 aliphatic rings. The van der Waals surface area contributed by atoms with Gasteiger partial charge in [0.2, 0.25) is 0 Å². The average molecular weight is 229 g/mol. The molecule has 0 unspecified atom stereocenters. The Kier molecular flexibility index (Phi) is 6.92. The van der Waals surface area contributed by atoms with Crippen molar-refractivity contribution in [2.24, 2.45) is 10.7 Å². The Labute approximate surface area is 97.6 Å². The molecule has 0 radical (unpaired) electrons. The monoisotopic (exact) mass is 229 g/mol. The fourth-order valence-electron chi connectivity index (χ4n) is 1.62. The van der Waals surface area contributed by atoms with Crippen molar-refractivity contribution < 1.29 is 9.47 Å². The first-order valence-corrected chi connectivity index (χ1v) is 5.96. The summed E-state index contributed by atoms with van der Waals surface area (Å²) in [5.41, 5.74) is 5.89. The second-order valence-electron chi connectivity index (χ2n) is 3.89. The molecule has 1 saturated heterocycles. The maximum absolute atomic E-state index is 5.89. The molecular formula is C11H23N3O2. The maximum Gasteiger partial charge on any atom is 0.191 e. The van der Waals surface area contributed by atoms with E-state index in [0.29, 0.717) is 5.96 Å². The van der Waals surface area contributed by atoms with Crippen molar-refractivity contribution in [1.29, 1.82) is 0 Å². The first kappa shape index (κ1) is 13.3. The van der Waals surface area contributed by atoms with Gasteiger partial charge in [0.05, 0.1) is 13.2 Å². The quantitative estimate of drug-likeness (QED) is 0.408. The predicted octanol–water partition coefficient (Wildman–Crippen LogP) is 0.450. The van der Waals surface area contributed by atoms with Crippen LogP contribution in [0.2, 0.25) is 0 Å². The van der Waals surface area contributed by atoms with Gasteiger partial charge in [0.1, 0.15) is 0 Å². The summed E-state index contributed by atoms with van der Waals surface area (Å²) in [7, 11) is 1.73. The number of ether oxygens (including phenoxy) is 2. The van der Waals surface area contributed by atoms with E-state index in [1.54, 1.807) is 7.11 Å². The topological polar surface area (TPSA) is 60.1 Å². The lowest BCUT2D eigenvalue weighted by molar-refractivity contribution is 0.0674. The molecule has 1 fully saturated rings. The summed E-state index contributed by atoms with van der Waals surface area (Å²) in [5, 5.41) is 0. The Hall–Kier alpha value is -0.810. The summed E-state index contributed by atoms with van der Waals surface area (Å²) >= 11 is 0. The zero-order valence-electron chi connectivity index (χ0n) is 10.2. The molecule has 0 aromatic heterocycles. The van der Waals surface area contributed by atoms with Crippen molar-refractivity contribution in [1.82, 2.24) is 4.90 Å². The molecular weight excluding hydrogens is 206 g/mol. The van der Waals surface area contributed by atoms with Crippen molar-refractivity contribution >= 4 is 5.96 Å². The van der Waals surface area contributed by atoms with Crippen LogP contribution >= 0.6 is 0 Å². The minimum atomic E-state index is 0.662. The van der Waals surface area contributed by atoms with E-state index >= 15 is 0 Å². The molecule has 1 heterocycles. The Balaban J connectivity index is 2.07. The third kappa shape index (κ3) is 5.32. The van der Waals surface area contributed by atoms with Gasteiger partial charge in [0, 0.05) is 33.4 Å². The summed E-state index contributed by atoms with van der Waals surface area (Å²) in [6.07, 6.45) is 3.33. The first-order valence-electron chi connectivity index (χ1n) is 5.96. The number of rotatable bonds is 6. The van der Waals surface area contributed by atoms with E-state index in [9.17, 15) is 0 Å². The van der Waals surface area contributed by atoms with Gasteiger partial charge in [-0.25, -0.2) is 0 Å². The molecule has 2 N–H and O–H groups in total.